The summed E-state index contributed by atoms with van der Waals surface area (Å²) in [4.78, 5) is 28.3. The van der Waals surface area contributed by atoms with Crippen molar-refractivity contribution in [1.82, 2.24) is 4.98 Å². The van der Waals surface area contributed by atoms with Crippen LogP contribution in [0.1, 0.15) is 24.6 Å². The zero-order chi connectivity index (χ0) is 23.4. The summed E-state index contributed by atoms with van der Waals surface area (Å²) in [5.41, 5.74) is 15.0. The monoisotopic (exact) mass is 444 g/mol. The highest BCUT2D eigenvalue weighted by molar-refractivity contribution is 6.07. The van der Waals surface area contributed by atoms with E-state index < -0.39 is 24.2 Å². The molecule has 4 aromatic rings. The molecular formula is C25H24N4O4. The van der Waals surface area contributed by atoms with Crippen molar-refractivity contribution in [2.45, 2.75) is 25.1 Å². The first kappa shape index (κ1) is 22.0. The summed E-state index contributed by atoms with van der Waals surface area (Å²) in [5, 5.41) is 14.1. The number of nitrogens with zero attached hydrogens (tertiary/aromatic N) is 1. The summed E-state index contributed by atoms with van der Waals surface area (Å²) >= 11 is 0. The molecule has 0 radical (unpaired) electrons. The van der Waals surface area contributed by atoms with Gasteiger partial charge in [0.15, 0.2) is 6.23 Å². The number of carbonyl (C=O) groups excluding carboxylic acids is 1. The fraction of sp³-hybridized carbons (Fsp3) is 0.160. The van der Waals surface area contributed by atoms with E-state index in [0.717, 1.165) is 27.5 Å². The molecule has 168 valence electrons. The van der Waals surface area contributed by atoms with Crippen LogP contribution in [0.25, 0.3) is 21.8 Å². The third kappa shape index (κ3) is 5.02. The minimum absolute atomic E-state index is 0.0288. The number of ether oxygens (including phenoxy) is 1. The minimum atomic E-state index is -1.16. The molecule has 0 spiro atoms. The van der Waals surface area contributed by atoms with E-state index in [9.17, 15) is 9.59 Å². The number of nitrogens with two attached hydrogens (primary N) is 2. The van der Waals surface area contributed by atoms with Crippen molar-refractivity contribution in [2.24, 2.45) is 5.73 Å². The normalized spacial score (nSPS) is 12.9. The molecule has 0 aliphatic carbocycles. The molecule has 1 unspecified atom stereocenters. The Balaban J connectivity index is 1.72. The maximum Gasteiger partial charge on any atom is 0.320 e. The molecule has 0 amide bonds. The number of rotatable bonds is 8. The SMILES string of the molecule is Nc1cccc(C(Nc2c3ccccc3nc3ccccc23)OC(=O)CC[C@H](N)C(=O)O)c1. The lowest BCUT2D eigenvalue weighted by atomic mass is 10.1. The van der Waals surface area contributed by atoms with Crippen LogP contribution in [0.4, 0.5) is 11.4 Å². The number of para-hydroxylation sites is 2. The van der Waals surface area contributed by atoms with Gasteiger partial charge in [0.2, 0.25) is 0 Å². The van der Waals surface area contributed by atoms with Crippen LogP contribution in [0.3, 0.4) is 0 Å². The first-order chi connectivity index (χ1) is 15.9. The minimum Gasteiger partial charge on any atom is -0.480 e. The number of carbonyl (C=O) groups is 2. The Labute approximate surface area is 190 Å². The van der Waals surface area contributed by atoms with Crippen LogP contribution in [0.5, 0.6) is 0 Å². The van der Waals surface area contributed by atoms with Crippen LogP contribution < -0.4 is 16.8 Å². The second-order valence-electron chi connectivity index (χ2n) is 7.69. The second-order valence-corrected chi connectivity index (χ2v) is 7.69. The summed E-state index contributed by atoms with van der Waals surface area (Å²) in [6.07, 6.45) is -1.03. The van der Waals surface area contributed by atoms with Crippen molar-refractivity contribution in [2.75, 3.05) is 11.1 Å². The largest absolute Gasteiger partial charge is 0.480 e. The van der Waals surface area contributed by atoms with Crippen molar-refractivity contribution >= 4 is 45.1 Å². The summed E-state index contributed by atoms with van der Waals surface area (Å²) in [6.45, 7) is 0. The van der Waals surface area contributed by atoms with Gasteiger partial charge in [-0.15, -0.1) is 0 Å². The summed E-state index contributed by atoms with van der Waals surface area (Å²) in [6, 6.07) is 21.3. The number of nitrogens with one attached hydrogen (secondary N) is 1. The molecule has 8 heteroatoms. The van der Waals surface area contributed by atoms with Crippen molar-refractivity contribution in [3.63, 3.8) is 0 Å². The van der Waals surface area contributed by atoms with Gasteiger partial charge in [-0.3, -0.25) is 9.59 Å². The zero-order valence-electron chi connectivity index (χ0n) is 17.8. The molecule has 33 heavy (non-hydrogen) atoms. The molecule has 1 heterocycles. The molecule has 0 bridgehead atoms. The number of nitrogen functional groups attached to an aromatic ring is 1. The van der Waals surface area contributed by atoms with Crippen molar-refractivity contribution in [1.29, 1.82) is 0 Å². The van der Waals surface area contributed by atoms with Crippen LogP contribution in [-0.4, -0.2) is 28.1 Å². The van der Waals surface area contributed by atoms with E-state index in [2.05, 4.69) is 5.32 Å². The molecule has 4 rings (SSSR count). The van der Waals surface area contributed by atoms with Crippen molar-refractivity contribution in [3.05, 3.63) is 78.4 Å². The number of aromatic nitrogens is 1. The molecule has 0 saturated carbocycles. The maximum atomic E-state index is 12.6. The van der Waals surface area contributed by atoms with E-state index in [1.165, 1.54) is 0 Å². The number of carboxylic acids is 1. The molecule has 6 N–H and O–H groups in total. The Kier molecular flexibility index (Phi) is 6.37. The Morgan fingerprint density at radius 2 is 1.61 bits per heavy atom. The average Bonchev–Trinajstić information content (AvgIpc) is 2.81. The van der Waals surface area contributed by atoms with Gasteiger partial charge in [-0.25, -0.2) is 4.98 Å². The number of carboxylic acid groups (broad SMARTS) is 1. The number of benzene rings is 3. The molecule has 0 aliphatic rings. The predicted octanol–water partition coefficient (Wildman–Crippen LogP) is 3.82. The molecule has 3 aromatic carbocycles. The van der Waals surface area contributed by atoms with Crippen LogP contribution in [0.15, 0.2) is 72.8 Å². The summed E-state index contributed by atoms with van der Waals surface area (Å²) < 4.78 is 5.75. The van der Waals surface area contributed by atoms with Crippen molar-refractivity contribution in [3.8, 4) is 0 Å². The standard InChI is InChI=1S/C25H24N4O4/c26-16-7-5-6-15(14-16)24(33-22(30)13-12-19(27)25(31)32)29-23-17-8-1-3-10-20(17)28-21-11-4-2-9-18(21)23/h1-11,14,19,24H,12-13,26-27H2,(H,28,29)(H,31,32)/t19-,24?/m0/s1. The van der Waals surface area contributed by atoms with Crippen molar-refractivity contribution < 1.29 is 19.4 Å². The molecule has 2 atom stereocenters. The van der Waals surface area contributed by atoms with Gasteiger partial charge in [0.1, 0.15) is 6.04 Å². The van der Waals surface area contributed by atoms with E-state index in [1.54, 1.807) is 24.3 Å². The van der Waals surface area contributed by atoms with Crippen LogP contribution in [0, 0.1) is 0 Å². The van der Waals surface area contributed by atoms with Gasteiger partial charge in [-0.2, -0.15) is 0 Å². The second kappa shape index (κ2) is 9.54. The number of aliphatic carboxylic acids is 1. The number of esters is 1. The Bertz CT molecular complexity index is 1270. The Hall–Kier alpha value is -4.17. The lowest BCUT2D eigenvalue weighted by Crippen LogP contribution is -2.31. The first-order valence-corrected chi connectivity index (χ1v) is 10.5. The number of hydrogen-bond donors (Lipinski definition) is 4. The highest BCUT2D eigenvalue weighted by atomic mass is 16.6. The summed E-state index contributed by atoms with van der Waals surface area (Å²) in [5.74, 6) is -1.74. The van der Waals surface area contributed by atoms with Gasteiger partial charge in [-0.05, 0) is 30.7 Å². The topological polar surface area (TPSA) is 141 Å². The van der Waals surface area contributed by atoms with Gasteiger partial charge in [0.05, 0.1) is 16.7 Å². The van der Waals surface area contributed by atoms with Gasteiger partial charge >= 0.3 is 11.9 Å². The third-order valence-electron chi connectivity index (χ3n) is 5.30. The number of pyridine rings is 1. The third-order valence-corrected chi connectivity index (χ3v) is 5.30. The fourth-order valence-corrected chi connectivity index (χ4v) is 3.62. The first-order valence-electron chi connectivity index (χ1n) is 10.5. The van der Waals surface area contributed by atoms with Crippen LogP contribution in [-0.2, 0) is 14.3 Å². The van der Waals surface area contributed by atoms with Gasteiger partial charge in [-0.1, -0.05) is 48.5 Å². The predicted molar refractivity (Wildman–Crippen MR) is 127 cm³/mol. The Morgan fingerprint density at radius 1 is 0.970 bits per heavy atom. The smallest absolute Gasteiger partial charge is 0.320 e. The van der Waals surface area contributed by atoms with Crippen LogP contribution >= 0.6 is 0 Å². The quantitative estimate of drug-likeness (QED) is 0.139. The van der Waals surface area contributed by atoms with Gasteiger partial charge < -0.3 is 26.6 Å². The average molecular weight is 444 g/mol. The number of anilines is 2. The lowest BCUT2D eigenvalue weighted by molar-refractivity contribution is -0.148. The highest BCUT2D eigenvalue weighted by Gasteiger charge is 2.21. The molecule has 1 aromatic heterocycles. The number of hydrogen-bond acceptors (Lipinski definition) is 7. The highest BCUT2D eigenvalue weighted by Crippen LogP contribution is 2.34. The van der Waals surface area contributed by atoms with Gasteiger partial charge in [0, 0.05) is 28.4 Å². The molecule has 0 fully saturated rings. The molecule has 8 nitrogen and oxygen atoms in total. The molecule has 0 aliphatic heterocycles. The lowest BCUT2D eigenvalue weighted by Gasteiger charge is -2.23. The van der Waals surface area contributed by atoms with E-state index >= 15 is 0 Å². The van der Waals surface area contributed by atoms with Gasteiger partial charge in [0.25, 0.3) is 0 Å². The molecule has 0 saturated heterocycles. The number of fused-ring (bicyclic) bond motifs is 2. The van der Waals surface area contributed by atoms with E-state index in [4.69, 9.17) is 26.3 Å². The fourth-order valence-electron chi connectivity index (χ4n) is 3.62. The summed E-state index contributed by atoms with van der Waals surface area (Å²) in [7, 11) is 0. The van der Waals surface area contributed by atoms with E-state index in [-0.39, 0.29) is 12.8 Å². The Morgan fingerprint density at radius 3 is 2.21 bits per heavy atom. The zero-order valence-corrected chi connectivity index (χ0v) is 17.8. The van der Waals surface area contributed by atoms with E-state index in [1.807, 2.05) is 48.5 Å². The molecular weight excluding hydrogens is 420 g/mol. The van der Waals surface area contributed by atoms with E-state index in [0.29, 0.717) is 11.3 Å². The van der Waals surface area contributed by atoms with Crippen LogP contribution in [0.2, 0.25) is 0 Å². The maximum absolute atomic E-state index is 12.6.